The number of rotatable bonds is 3. The largest absolute Gasteiger partial charge is 0.496 e. The summed E-state index contributed by atoms with van der Waals surface area (Å²) in [6, 6.07) is 6.87. The van der Waals surface area contributed by atoms with Crippen LogP contribution in [0.4, 0.5) is 0 Å². The molecule has 0 aliphatic rings. The van der Waals surface area contributed by atoms with Crippen LogP contribution in [0.5, 0.6) is 5.75 Å². The highest BCUT2D eigenvalue weighted by Gasteiger charge is 2.09. The molecule has 0 aliphatic carbocycles. The van der Waals surface area contributed by atoms with Gasteiger partial charge in [-0.15, -0.1) is 0 Å². The number of nitrogens with zero attached hydrogens (tertiary/aromatic N) is 1. The minimum Gasteiger partial charge on any atom is -0.496 e. The Hall–Kier alpha value is -1.81. The van der Waals surface area contributed by atoms with Gasteiger partial charge in [-0.1, -0.05) is 11.6 Å². The molecule has 0 aliphatic heterocycles. The molecule has 0 spiro atoms. The SMILES string of the molecule is COc1ccc(Cl)c2nc(CC(=O)O)ccc12. The Labute approximate surface area is 103 Å². The second kappa shape index (κ2) is 4.59. The Morgan fingerprint density at radius 2 is 2.18 bits per heavy atom. The van der Waals surface area contributed by atoms with Crippen molar-refractivity contribution in [3.63, 3.8) is 0 Å². The van der Waals surface area contributed by atoms with E-state index in [0.717, 1.165) is 5.39 Å². The van der Waals surface area contributed by atoms with E-state index in [1.165, 1.54) is 0 Å². The molecule has 0 bridgehead atoms. The highest BCUT2D eigenvalue weighted by molar-refractivity contribution is 6.35. The lowest BCUT2D eigenvalue weighted by Gasteiger charge is -2.07. The van der Waals surface area contributed by atoms with E-state index in [9.17, 15) is 4.79 Å². The first-order valence-corrected chi connectivity index (χ1v) is 5.33. The average molecular weight is 252 g/mol. The summed E-state index contributed by atoms with van der Waals surface area (Å²) in [7, 11) is 1.56. The summed E-state index contributed by atoms with van der Waals surface area (Å²) in [6.07, 6.45) is -0.122. The van der Waals surface area contributed by atoms with E-state index in [-0.39, 0.29) is 6.42 Å². The molecular formula is C12H10ClNO3. The molecule has 0 saturated heterocycles. The Bertz CT molecular complexity index is 583. The highest BCUT2D eigenvalue weighted by atomic mass is 35.5. The summed E-state index contributed by atoms with van der Waals surface area (Å²) in [5, 5.41) is 9.96. The van der Waals surface area contributed by atoms with Gasteiger partial charge in [-0.25, -0.2) is 0 Å². The molecule has 4 nitrogen and oxygen atoms in total. The molecule has 17 heavy (non-hydrogen) atoms. The van der Waals surface area contributed by atoms with Crippen molar-refractivity contribution in [2.75, 3.05) is 7.11 Å². The van der Waals surface area contributed by atoms with Gasteiger partial charge in [-0.2, -0.15) is 0 Å². The number of halogens is 1. The molecule has 0 radical (unpaired) electrons. The van der Waals surface area contributed by atoms with Gasteiger partial charge in [-0.3, -0.25) is 9.78 Å². The number of pyridine rings is 1. The van der Waals surface area contributed by atoms with Crippen LogP contribution in [-0.4, -0.2) is 23.2 Å². The van der Waals surface area contributed by atoms with Crippen molar-refractivity contribution in [1.29, 1.82) is 0 Å². The van der Waals surface area contributed by atoms with E-state index in [2.05, 4.69) is 4.98 Å². The lowest BCUT2D eigenvalue weighted by Crippen LogP contribution is -2.02. The zero-order valence-electron chi connectivity index (χ0n) is 9.11. The lowest BCUT2D eigenvalue weighted by molar-refractivity contribution is -0.136. The summed E-state index contributed by atoms with van der Waals surface area (Å²) in [5.74, 6) is -0.255. The predicted octanol–water partition coefficient (Wildman–Crippen LogP) is 2.52. The molecule has 0 atom stereocenters. The first-order valence-electron chi connectivity index (χ1n) is 4.95. The van der Waals surface area contributed by atoms with Crippen molar-refractivity contribution in [3.8, 4) is 5.75 Å². The van der Waals surface area contributed by atoms with Crippen LogP contribution in [0, 0.1) is 0 Å². The molecule has 1 aromatic carbocycles. The van der Waals surface area contributed by atoms with Gasteiger partial charge in [0.25, 0.3) is 0 Å². The van der Waals surface area contributed by atoms with Crippen molar-refractivity contribution >= 4 is 28.5 Å². The van der Waals surface area contributed by atoms with Crippen LogP contribution in [-0.2, 0) is 11.2 Å². The minimum absolute atomic E-state index is 0.122. The number of aromatic nitrogens is 1. The molecule has 2 aromatic rings. The first-order chi connectivity index (χ1) is 8.11. The molecular weight excluding hydrogens is 242 g/mol. The normalized spacial score (nSPS) is 10.5. The number of carbonyl (C=O) groups is 1. The van der Waals surface area contributed by atoms with Crippen molar-refractivity contribution in [3.05, 3.63) is 35.0 Å². The maximum Gasteiger partial charge on any atom is 0.309 e. The molecule has 1 aromatic heterocycles. The van der Waals surface area contributed by atoms with Gasteiger partial charge in [0.15, 0.2) is 0 Å². The lowest BCUT2D eigenvalue weighted by atomic mass is 10.1. The zero-order valence-corrected chi connectivity index (χ0v) is 9.86. The fourth-order valence-corrected chi connectivity index (χ4v) is 1.84. The number of hydrogen-bond acceptors (Lipinski definition) is 3. The van der Waals surface area contributed by atoms with E-state index < -0.39 is 5.97 Å². The van der Waals surface area contributed by atoms with Gasteiger partial charge in [0, 0.05) is 5.39 Å². The summed E-state index contributed by atoms with van der Waals surface area (Å²) >= 11 is 6.03. The number of benzene rings is 1. The van der Waals surface area contributed by atoms with Crippen molar-refractivity contribution in [1.82, 2.24) is 4.98 Å². The fraction of sp³-hybridized carbons (Fsp3) is 0.167. The molecule has 0 amide bonds. The van der Waals surface area contributed by atoms with Crippen LogP contribution >= 0.6 is 11.6 Å². The summed E-state index contributed by atoms with van der Waals surface area (Å²) in [6.45, 7) is 0. The van der Waals surface area contributed by atoms with Gasteiger partial charge < -0.3 is 9.84 Å². The predicted molar refractivity (Wildman–Crippen MR) is 64.6 cm³/mol. The van der Waals surface area contributed by atoms with E-state index in [1.807, 2.05) is 0 Å². The Kier molecular flexibility index (Phi) is 3.15. The molecule has 1 N–H and O–H groups in total. The van der Waals surface area contributed by atoms with E-state index in [4.69, 9.17) is 21.4 Å². The second-order valence-electron chi connectivity index (χ2n) is 3.52. The van der Waals surface area contributed by atoms with Crippen LogP contribution in [0.15, 0.2) is 24.3 Å². The average Bonchev–Trinajstić information content (AvgIpc) is 2.29. The number of aliphatic carboxylic acids is 1. The number of carboxylic acids is 1. The summed E-state index contributed by atoms with van der Waals surface area (Å²) in [4.78, 5) is 14.8. The molecule has 0 unspecified atom stereocenters. The van der Waals surface area contributed by atoms with E-state index in [1.54, 1.807) is 31.4 Å². The molecule has 5 heteroatoms. The topological polar surface area (TPSA) is 59.4 Å². The maximum atomic E-state index is 10.6. The van der Waals surface area contributed by atoms with Crippen molar-refractivity contribution in [2.45, 2.75) is 6.42 Å². The quantitative estimate of drug-likeness (QED) is 0.911. The number of methoxy groups -OCH3 is 1. The summed E-state index contributed by atoms with van der Waals surface area (Å²) < 4.78 is 5.19. The molecule has 0 saturated carbocycles. The van der Waals surface area contributed by atoms with Crippen LogP contribution in [0.3, 0.4) is 0 Å². The maximum absolute atomic E-state index is 10.6. The number of carboxylic acid groups (broad SMARTS) is 1. The first kappa shape index (κ1) is 11.7. The van der Waals surface area contributed by atoms with Crippen LogP contribution < -0.4 is 4.74 Å². The minimum atomic E-state index is -0.920. The van der Waals surface area contributed by atoms with Gasteiger partial charge >= 0.3 is 5.97 Å². The molecule has 1 heterocycles. The monoisotopic (exact) mass is 251 g/mol. The second-order valence-corrected chi connectivity index (χ2v) is 3.93. The van der Waals surface area contributed by atoms with E-state index in [0.29, 0.717) is 22.0 Å². The number of ether oxygens (including phenoxy) is 1. The van der Waals surface area contributed by atoms with Crippen molar-refractivity contribution < 1.29 is 14.6 Å². The standard InChI is InChI=1S/C12H10ClNO3/c1-17-10-5-4-9(13)12-8(10)3-2-7(14-12)6-11(15)16/h2-5H,6H2,1H3,(H,15,16). The Morgan fingerprint density at radius 1 is 1.41 bits per heavy atom. The highest BCUT2D eigenvalue weighted by Crippen LogP contribution is 2.30. The van der Waals surface area contributed by atoms with Crippen LogP contribution in [0.2, 0.25) is 5.02 Å². The van der Waals surface area contributed by atoms with Gasteiger partial charge in [0.1, 0.15) is 5.75 Å². The van der Waals surface area contributed by atoms with E-state index >= 15 is 0 Å². The summed E-state index contributed by atoms with van der Waals surface area (Å²) in [5.41, 5.74) is 1.03. The van der Waals surface area contributed by atoms with Crippen LogP contribution in [0.1, 0.15) is 5.69 Å². The smallest absolute Gasteiger partial charge is 0.309 e. The number of fused-ring (bicyclic) bond motifs is 1. The Balaban J connectivity index is 2.60. The van der Waals surface area contributed by atoms with Crippen LogP contribution in [0.25, 0.3) is 10.9 Å². The fourth-order valence-electron chi connectivity index (χ4n) is 1.63. The van der Waals surface area contributed by atoms with Gasteiger partial charge in [-0.05, 0) is 24.3 Å². The zero-order chi connectivity index (χ0) is 12.4. The van der Waals surface area contributed by atoms with Gasteiger partial charge in [0.2, 0.25) is 0 Å². The molecule has 2 rings (SSSR count). The third-order valence-corrected chi connectivity index (χ3v) is 2.68. The third kappa shape index (κ3) is 2.31. The molecule has 88 valence electrons. The molecule has 0 fully saturated rings. The number of hydrogen-bond donors (Lipinski definition) is 1. The Morgan fingerprint density at radius 3 is 2.82 bits per heavy atom. The van der Waals surface area contributed by atoms with Crippen molar-refractivity contribution in [2.24, 2.45) is 0 Å². The third-order valence-electron chi connectivity index (χ3n) is 2.38. The van der Waals surface area contributed by atoms with Gasteiger partial charge in [0.05, 0.1) is 29.8 Å².